The molecule has 10 heteroatoms. The number of carbonyl (C=O) groups excluding carboxylic acids is 4. The van der Waals surface area contributed by atoms with Crippen LogP contribution in [0.25, 0.3) is 11.1 Å². The Kier molecular flexibility index (Phi) is 10.6. The van der Waals surface area contributed by atoms with E-state index in [0.717, 1.165) is 33.4 Å². The van der Waals surface area contributed by atoms with E-state index in [1.54, 1.807) is 24.3 Å². The highest BCUT2D eigenvalue weighted by molar-refractivity contribution is 5.88. The van der Waals surface area contributed by atoms with Crippen molar-refractivity contribution >= 4 is 24.2 Å². The van der Waals surface area contributed by atoms with E-state index < -0.39 is 29.7 Å². The van der Waals surface area contributed by atoms with Gasteiger partial charge in [0.15, 0.2) is 0 Å². The highest BCUT2D eigenvalue weighted by Crippen LogP contribution is 2.56. The summed E-state index contributed by atoms with van der Waals surface area (Å²) >= 11 is 0. The Hall–Kier alpha value is -6.16. The van der Waals surface area contributed by atoms with Crippen molar-refractivity contribution in [2.75, 3.05) is 26.4 Å². The number of fused-ring (bicyclic) bond motifs is 3. The lowest BCUT2D eigenvalue weighted by molar-refractivity contribution is -0.140. The van der Waals surface area contributed by atoms with Crippen LogP contribution in [0.5, 0.6) is 11.5 Å². The normalized spacial score (nSPS) is 12.0. The third kappa shape index (κ3) is 7.54. The number of carbonyl (C=O) groups is 4. The summed E-state index contributed by atoms with van der Waals surface area (Å²) in [6.45, 7) is 9.45. The zero-order chi connectivity index (χ0) is 35.0. The smallest absolute Gasteiger partial charge is 0.459 e. The lowest BCUT2D eigenvalue weighted by Gasteiger charge is -2.34. The first-order valence-corrected chi connectivity index (χ1v) is 15.4. The average molecular weight is 663 g/mol. The second kappa shape index (κ2) is 15.2. The molecule has 0 bridgehead atoms. The van der Waals surface area contributed by atoms with Crippen molar-refractivity contribution < 1.29 is 47.6 Å². The number of rotatable bonds is 12. The van der Waals surface area contributed by atoms with E-state index in [1.165, 1.54) is 13.8 Å². The summed E-state index contributed by atoms with van der Waals surface area (Å²) in [5, 5.41) is 0. The van der Waals surface area contributed by atoms with Crippen LogP contribution in [0.3, 0.4) is 0 Å². The SMILES string of the molecule is C=C(C)C(=O)OCCOC(=O)Oc1ccc(C2(c3ccc(OC(=O)OCCOC(=O)C(=C)C)cc3)c3ccccc3-c3ccccc32)cc1. The molecule has 0 N–H and O–H groups in total. The van der Waals surface area contributed by atoms with Crippen molar-refractivity contribution in [3.63, 3.8) is 0 Å². The first-order valence-electron chi connectivity index (χ1n) is 15.4. The summed E-state index contributed by atoms with van der Waals surface area (Å²) in [6.07, 6.45) is -1.88. The third-order valence-corrected chi connectivity index (χ3v) is 7.70. The molecule has 1 aliphatic carbocycles. The molecule has 5 rings (SSSR count). The average Bonchev–Trinajstić information content (AvgIpc) is 3.40. The Balaban J connectivity index is 1.37. The second-order valence-corrected chi connectivity index (χ2v) is 11.1. The zero-order valence-electron chi connectivity index (χ0n) is 27.1. The van der Waals surface area contributed by atoms with E-state index in [-0.39, 0.29) is 49.1 Å². The van der Waals surface area contributed by atoms with E-state index >= 15 is 0 Å². The van der Waals surface area contributed by atoms with E-state index in [4.69, 9.17) is 28.4 Å². The molecule has 0 saturated carbocycles. The lowest BCUT2D eigenvalue weighted by atomic mass is 9.68. The maximum atomic E-state index is 12.3. The van der Waals surface area contributed by atoms with Crippen molar-refractivity contribution in [2.24, 2.45) is 0 Å². The fraction of sp³-hybridized carbons (Fsp3) is 0.179. The van der Waals surface area contributed by atoms with Crippen LogP contribution >= 0.6 is 0 Å². The van der Waals surface area contributed by atoms with Gasteiger partial charge in [0.05, 0.1) is 5.41 Å². The highest BCUT2D eigenvalue weighted by atomic mass is 16.7. The quantitative estimate of drug-likeness (QED) is 0.0441. The van der Waals surface area contributed by atoms with Crippen LogP contribution in [0.4, 0.5) is 9.59 Å². The van der Waals surface area contributed by atoms with Crippen molar-refractivity contribution in [1.29, 1.82) is 0 Å². The largest absolute Gasteiger partial charge is 0.513 e. The molecular weight excluding hydrogens is 628 g/mol. The minimum atomic E-state index is -0.938. The molecule has 0 heterocycles. The summed E-state index contributed by atoms with van der Waals surface area (Å²) in [7, 11) is 0. The molecule has 0 atom stereocenters. The second-order valence-electron chi connectivity index (χ2n) is 11.1. The van der Waals surface area contributed by atoms with E-state index in [9.17, 15) is 19.2 Å². The van der Waals surface area contributed by atoms with Gasteiger partial charge in [0.1, 0.15) is 37.9 Å². The van der Waals surface area contributed by atoms with Gasteiger partial charge in [-0.1, -0.05) is 86.0 Å². The van der Waals surface area contributed by atoms with Crippen LogP contribution in [-0.2, 0) is 34.0 Å². The van der Waals surface area contributed by atoms with Crippen molar-refractivity contribution in [3.8, 4) is 22.6 Å². The Labute approximate surface area is 283 Å². The Morgan fingerprint density at radius 1 is 0.510 bits per heavy atom. The molecule has 0 aromatic heterocycles. The van der Waals surface area contributed by atoms with Gasteiger partial charge in [-0.15, -0.1) is 0 Å². The molecule has 0 saturated heterocycles. The zero-order valence-corrected chi connectivity index (χ0v) is 27.1. The molecule has 0 radical (unpaired) electrons. The van der Waals surface area contributed by atoms with Crippen molar-refractivity contribution in [2.45, 2.75) is 19.3 Å². The fourth-order valence-electron chi connectivity index (χ4n) is 5.59. The van der Waals surface area contributed by atoms with E-state index in [0.29, 0.717) is 0 Å². The van der Waals surface area contributed by atoms with E-state index in [2.05, 4.69) is 37.4 Å². The van der Waals surface area contributed by atoms with Gasteiger partial charge < -0.3 is 28.4 Å². The first kappa shape index (κ1) is 34.2. The molecule has 0 aliphatic heterocycles. The molecule has 49 heavy (non-hydrogen) atoms. The number of hydrogen-bond acceptors (Lipinski definition) is 10. The molecule has 4 aromatic rings. The van der Waals surface area contributed by atoms with Gasteiger partial charge >= 0.3 is 24.2 Å². The number of benzene rings is 4. The third-order valence-electron chi connectivity index (χ3n) is 7.70. The Morgan fingerprint density at radius 3 is 1.22 bits per heavy atom. The predicted octanol–water partition coefficient (Wildman–Crippen LogP) is 7.32. The molecule has 1 aliphatic rings. The van der Waals surface area contributed by atoms with Gasteiger partial charge in [-0.2, -0.15) is 0 Å². The van der Waals surface area contributed by atoms with Crippen LogP contribution in [0.2, 0.25) is 0 Å². The summed E-state index contributed by atoms with van der Waals surface area (Å²) < 4.78 is 30.7. The Morgan fingerprint density at radius 2 is 0.857 bits per heavy atom. The predicted molar refractivity (Wildman–Crippen MR) is 179 cm³/mol. The molecule has 0 amide bonds. The molecule has 10 nitrogen and oxygen atoms in total. The topological polar surface area (TPSA) is 124 Å². The molecule has 250 valence electrons. The van der Waals surface area contributed by atoms with Crippen LogP contribution < -0.4 is 9.47 Å². The van der Waals surface area contributed by atoms with Gasteiger partial charge in [-0.25, -0.2) is 19.2 Å². The van der Waals surface area contributed by atoms with Crippen molar-refractivity contribution in [1.82, 2.24) is 0 Å². The van der Waals surface area contributed by atoms with Gasteiger partial charge in [-0.3, -0.25) is 0 Å². The molecular formula is C39H34O10. The first-order chi connectivity index (χ1) is 23.6. The summed E-state index contributed by atoms with van der Waals surface area (Å²) in [5.41, 5.74) is 5.76. The molecule has 0 fully saturated rings. The van der Waals surface area contributed by atoms with Crippen molar-refractivity contribution in [3.05, 3.63) is 144 Å². The lowest BCUT2D eigenvalue weighted by Crippen LogP contribution is -2.28. The van der Waals surface area contributed by atoms with Crippen LogP contribution in [0.1, 0.15) is 36.1 Å². The monoisotopic (exact) mass is 662 g/mol. The maximum absolute atomic E-state index is 12.3. The number of esters is 2. The maximum Gasteiger partial charge on any atom is 0.513 e. The minimum absolute atomic E-state index is 0.126. The molecule has 0 unspecified atom stereocenters. The number of hydrogen-bond donors (Lipinski definition) is 0. The highest BCUT2D eigenvalue weighted by Gasteiger charge is 2.45. The van der Waals surface area contributed by atoms with E-state index in [1.807, 2.05) is 48.5 Å². The van der Waals surface area contributed by atoms with Gasteiger partial charge in [0.25, 0.3) is 0 Å². The van der Waals surface area contributed by atoms with Crippen LogP contribution in [0, 0.1) is 0 Å². The summed E-state index contributed by atoms with van der Waals surface area (Å²) in [6, 6.07) is 30.6. The van der Waals surface area contributed by atoms with Crippen LogP contribution in [-0.4, -0.2) is 50.7 Å². The summed E-state index contributed by atoms with van der Waals surface area (Å²) in [4.78, 5) is 47.6. The molecule has 4 aromatic carbocycles. The molecule has 0 spiro atoms. The van der Waals surface area contributed by atoms with Gasteiger partial charge in [0.2, 0.25) is 0 Å². The Bertz CT molecular complexity index is 1750. The fourth-order valence-corrected chi connectivity index (χ4v) is 5.59. The van der Waals surface area contributed by atoms with Crippen LogP contribution in [0.15, 0.2) is 121 Å². The van der Waals surface area contributed by atoms with Gasteiger partial charge in [0, 0.05) is 11.1 Å². The number of ether oxygens (including phenoxy) is 6. The summed E-state index contributed by atoms with van der Waals surface area (Å²) in [5.74, 6) is -0.618. The standard InChI is InChI=1S/C39H34O10/c1-25(2)35(40)44-21-23-46-37(42)48-29-17-13-27(14-18-29)39(33-11-7-5-9-31(33)32-10-6-8-12-34(32)39)28-15-19-30(20-16-28)49-38(43)47-24-22-45-36(41)26(3)4/h5-20H,1,3,21-24H2,2,4H3. The van der Waals surface area contributed by atoms with Gasteiger partial charge in [-0.05, 0) is 71.5 Å². The minimum Gasteiger partial charge on any atom is -0.459 e.